The van der Waals surface area contributed by atoms with E-state index >= 15 is 0 Å². The lowest BCUT2D eigenvalue weighted by Crippen LogP contribution is -2.31. The number of nitrogens with zero attached hydrogens (tertiary/aromatic N) is 2. The van der Waals surface area contributed by atoms with Gasteiger partial charge in [0.25, 0.3) is 0 Å². The van der Waals surface area contributed by atoms with Gasteiger partial charge in [0.2, 0.25) is 5.91 Å². The molecule has 0 aliphatic rings. The highest BCUT2D eigenvalue weighted by atomic mass is 35.5. The van der Waals surface area contributed by atoms with E-state index in [1.165, 1.54) is 0 Å². The summed E-state index contributed by atoms with van der Waals surface area (Å²) in [4.78, 5) is 17.2. The molecule has 1 aromatic rings. The van der Waals surface area contributed by atoms with Crippen molar-refractivity contribution in [3.63, 3.8) is 0 Å². The predicted octanol–water partition coefficient (Wildman–Crippen LogP) is 1.62. The Bertz CT molecular complexity index is 320. The summed E-state index contributed by atoms with van der Waals surface area (Å²) in [5, 5.41) is 0. The van der Waals surface area contributed by atoms with Gasteiger partial charge in [0, 0.05) is 38.4 Å². The zero-order valence-corrected chi connectivity index (χ0v) is 11.6. The highest BCUT2D eigenvalue weighted by Crippen LogP contribution is 2.03. The van der Waals surface area contributed by atoms with Gasteiger partial charge >= 0.3 is 0 Å². The maximum atomic E-state index is 11.6. The number of carbonyl (C=O) groups is 1. The second kappa shape index (κ2) is 9.22. The van der Waals surface area contributed by atoms with Crippen molar-refractivity contribution >= 4 is 30.7 Å². The summed E-state index contributed by atoms with van der Waals surface area (Å²) in [6.45, 7) is 2.44. The lowest BCUT2D eigenvalue weighted by Gasteiger charge is -2.18. The fraction of sp³-hybridized carbons (Fsp3) is 0.455. The summed E-state index contributed by atoms with van der Waals surface area (Å²) in [6.07, 6.45) is 3.83. The molecule has 98 valence electrons. The minimum Gasteiger partial charge on any atom is -0.341 e. The number of amides is 1. The average Bonchev–Trinajstić information content (AvgIpc) is 2.18. The van der Waals surface area contributed by atoms with Gasteiger partial charge in [-0.3, -0.25) is 9.78 Å². The van der Waals surface area contributed by atoms with Crippen LogP contribution in [0.3, 0.4) is 0 Å². The number of nitrogens with two attached hydrogens (primary N) is 1. The number of rotatable bonds is 4. The van der Waals surface area contributed by atoms with Crippen molar-refractivity contribution in [1.29, 1.82) is 0 Å². The number of halogens is 2. The van der Waals surface area contributed by atoms with Gasteiger partial charge in [-0.15, -0.1) is 24.8 Å². The predicted molar refractivity (Wildman–Crippen MR) is 73.5 cm³/mol. The van der Waals surface area contributed by atoms with Crippen LogP contribution in [0.4, 0.5) is 0 Å². The van der Waals surface area contributed by atoms with E-state index < -0.39 is 0 Å². The standard InChI is InChI=1S/C11H17N3O.2ClH/c1-9(12)7-11(15)14(2)8-10-3-5-13-6-4-10;;/h3-6,9H,7-8,12H2,1-2H3;2*1H. The summed E-state index contributed by atoms with van der Waals surface area (Å²) >= 11 is 0. The van der Waals surface area contributed by atoms with E-state index in [1.807, 2.05) is 19.1 Å². The molecule has 17 heavy (non-hydrogen) atoms. The molecule has 1 amide bonds. The normalized spacial score (nSPS) is 10.8. The Labute approximate surface area is 114 Å². The van der Waals surface area contributed by atoms with Crippen molar-refractivity contribution in [3.05, 3.63) is 30.1 Å². The van der Waals surface area contributed by atoms with Crippen LogP contribution in [0.5, 0.6) is 0 Å². The average molecular weight is 280 g/mol. The van der Waals surface area contributed by atoms with Gasteiger partial charge in [0.05, 0.1) is 0 Å². The number of carbonyl (C=O) groups excluding carboxylic acids is 1. The second-order valence-electron chi connectivity index (χ2n) is 3.79. The monoisotopic (exact) mass is 279 g/mol. The molecule has 6 heteroatoms. The molecule has 1 unspecified atom stereocenters. The van der Waals surface area contributed by atoms with E-state index in [9.17, 15) is 4.79 Å². The van der Waals surface area contributed by atoms with E-state index in [4.69, 9.17) is 5.73 Å². The molecule has 0 bridgehead atoms. The van der Waals surface area contributed by atoms with Crippen LogP contribution in [0.1, 0.15) is 18.9 Å². The van der Waals surface area contributed by atoms with Crippen LogP contribution in [-0.2, 0) is 11.3 Å². The maximum Gasteiger partial charge on any atom is 0.224 e. The molecule has 0 fully saturated rings. The molecule has 2 N–H and O–H groups in total. The van der Waals surface area contributed by atoms with E-state index in [2.05, 4.69) is 4.98 Å². The van der Waals surface area contributed by atoms with Gasteiger partial charge in [-0.2, -0.15) is 0 Å². The third-order valence-corrected chi connectivity index (χ3v) is 2.09. The van der Waals surface area contributed by atoms with Crippen molar-refractivity contribution in [2.75, 3.05) is 7.05 Å². The molecule has 0 spiro atoms. The fourth-order valence-electron chi connectivity index (χ4n) is 1.28. The highest BCUT2D eigenvalue weighted by Gasteiger charge is 2.10. The molecule has 0 aliphatic heterocycles. The quantitative estimate of drug-likeness (QED) is 0.911. The number of hydrogen-bond donors (Lipinski definition) is 1. The largest absolute Gasteiger partial charge is 0.341 e. The summed E-state index contributed by atoms with van der Waals surface area (Å²) < 4.78 is 0. The first-order chi connectivity index (χ1) is 7.09. The summed E-state index contributed by atoms with van der Waals surface area (Å²) in [7, 11) is 1.78. The van der Waals surface area contributed by atoms with Gasteiger partial charge in [-0.05, 0) is 24.6 Å². The molecule has 1 heterocycles. The van der Waals surface area contributed by atoms with Crippen molar-refractivity contribution in [3.8, 4) is 0 Å². The van der Waals surface area contributed by atoms with Crippen LogP contribution in [0.25, 0.3) is 0 Å². The minimum atomic E-state index is -0.0857. The van der Waals surface area contributed by atoms with E-state index in [0.29, 0.717) is 13.0 Å². The molecule has 1 aromatic heterocycles. The zero-order chi connectivity index (χ0) is 11.3. The Balaban J connectivity index is 0. The van der Waals surface area contributed by atoms with Crippen LogP contribution in [0.2, 0.25) is 0 Å². The minimum absolute atomic E-state index is 0. The molecule has 0 saturated carbocycles. The van der Waals surface area contributed by atoms with Gasteiger partial charge in [0.15, 0.2) is 0 Å². The van der Waals surface area contributed by atoms with Crippen LogP contribution in [0, 0.1) is 0 Å². The smallest absolute Gasteiger partial charge is 0.224 e. The Morgan fingerprint density at radius 2 is 1.94 bits per heavy atom. The lowest BCUT2D eigenvalue weighted by molar-refractivity contribution is -0.130. The summed E-state index contributed by atoms with van der Waals surface area (Å²) in [5.74, 6) is 0.0711. The zero-order valence-electron chi connectivity index (χ0n) is 10.00. The lowest BCUT2D eigenvalue weighted by atomic mass is 10.2. The van der Waals surface area contributed by atoms with Gasteiger partial charge < -0.3 is 10.6 Å². The first-order valence-electron chi connectivity index (χ1n) is 4.98. The Morgan fingerprint density at radius 3 is 2.41 bits per heavy atom. The number of aromatic nitrogens is 1. The van der Waals surface area contributed by atoms with Gasteiger partial charge in [-0.1, -0.05) is 0 Å². The fourth-order valence-corrected chi connectivity index (χ4v) is 1.28. The van der Waals surface area contributed by atoms with Crippen molar-refractivity contribution in [1.82, 2.24) is 9.88 Å². The van der Waals surface area contributed by atoms with Crippen LogP contribution >= 0.6 is 24.8 Å². The second-order valence-corrected chi connectivity index (χ2v) is 3.79. The van der Waals surface area contributed by atoms with Crippen molar-refractivity contribution in [2.24, 2.45) is 5.73 Å². The maximum absolute atomic E-state index is 11.6. The molecular weight excluding hydrogens is 261 g/mol. The molecule has 4 nitrogen and oxygen atoms in total. The van der Waals surface area contributed by atoms with Crippen molar-refractivity contribution in [2.45, 2.75) is 25.9 Å². The van der Waals surface area contributed by atoms with Crippen molar-refractivity contribution < 1.29 is 4.79 Å². The topological polar surface area (TPSA) is 59.2 Å². The number of hydrogen-bond acceptors (Lipinski definition) is 3. The molecule has 0 aromatic carbocycles. The van der Waals surface area contributed by atoms with Crippen LogP contribution in [-0.4, -0.2) is 28.9 Å². The highest BCUT2D eigenvalue weighted by molar-refractivity contribution is 5.85. The third kappa shape index (κ3) is 7.15. The first kappa shape index (κ1) is 18.5. The molecule has 0 radical (unpaired) electrons. The Hall–Kier alpha value is -0.840. The van der Waals surface area contributed by atoms with Gasteiger partial charge in [-0.25, -0.2) is 0 Å². The molecule has 0 saturated heterocycles. The molecule has 0 aliphatic carbocycles. The van der Waals surface area contributed by atoms with Gasteiger partial charge in [0.1, 0.15) is 0 Å². The molecule has 1 rings (SSSR count). The van der Waals surface area contributed by atoms with E-state index in [0.717, 1.165) is 5.56 Å². The first-order valence-corrected chi connectivity index (χ1v) is 4.98. The van der Waals surface area contributed by atoms with E-state index in [1.54, 1.807) is 24.3 Å². The van der Waals surface area contributed by atoms with Crippen LogP contribution < -0.4 is 5.73 Å². The van der Waals surface area contributed by atoms with E-state index in [-0.39, 0.29) is 36.8 Å². The van der Waals surface area contributed by atoms with Crippen LogP contribution in [0.15, 0.2) is 24.5 Å². The number of pyridine rings is 1. The SMILES string of the molecule is CC(N)CC(=O)N(C)Cc1ccncc1.Cl.Cl. The third-order valence-electron chi connectivity index (χ3n) is 2.09. The summed E-state index contributed by atoms with van der Waals surface area (Å²) in [5.41, 5.74) is 6.64. The Morgan fingerprint density at radius 1 is 1.41 bits per heavy atom. The summed E-state index contributed by atoms with van der Waals surface area (Å²) in [6, 6.07) is 3.71. The Kier molecular flexibility index (Phi) is 10.0. The molecular formula is C11H19Cl2N3O. The molecule has 1 atom stereocenters.